The minimum absolute atomic E-state index is 0.139. The fourth-order valence-electron chi connectivity index (χ4n) is 5.34. The van der Waals surface area contributed by atoms with Crippen molar-refractivity contribution in [3.8, 4) is 17.0 Å². The lowest BCUT2D eigenvalue weighted by molar-refractivity contribution is 0.0916. The fourth-order valence-corrected chi connectivity index (χ4v) is 5.59. The van der Waals surface area contributed by atoms with Gasteiger partial charge in [0.05, 0.1) is 40.5 Å². The molecule has 1 amide bonds. The van der Waals surface area contributed by atoms with Gasteiger partial charge in [-0.25, -0.2) is 9.97 Å². The van der Waals surface area contributed by atoms with Crippen molar-refractivity contribution in [2.75, 3.05) is 32.6 Å². The van der Waals surface area contributed by atoms with Gasteiger partial charge >= 0.3 is 0 Å². The molecule has 2 aromatic heterocycles. The Morgan fingerprint density at radius 3 is 2.65 bits per heavy atom. The van der Waals surface area contributed by atoms with E-state index in [4.69, 9.17) is 26.4 Å². The zero-order valence-electron chi connectivity index (χ0n) is 22.1. The molecule has 1 saturated heterocycles. The zero-order chi connectivity index (χ0) is 26.3. The van der Waals surface area contributed by atoms with Crippen molar-refractivity contribution < 1.29 is 9.53 Å². The Hall–Kier alpha value is -3.17. The van der Waals surface area contributed by atoms with Crippen molar-refractivity contribution in [3.63, 3.8) is 0 Å². The van der Waals surface area contributed by atoms with Crippen molar-refractivity contribution in [1.29, 1.82) is 0 Å². The number of hydrogen-bond donors (Lipinski definition) is 2. The van der Waals surface area contributed by atoms with Gasteiger partial charge in [0.1, 0.15) is 5.75 Å². The highest BCUT2D eigenvalue weighted by Gasteiger charge is 2.28. The second-order valence-corrected chi connectivity index (χ2v) is 10.7. The zero-order valence-corrected chi connectivity index (χ0v) is 22.8. The number of likely N-dealkylation sites (tertiary alicyclic amines) is 1. The lowest BCUT2D eigenvalue weighted by Crippen LogP contribution is -2.43. The summed E-state index contributed by atoms with van der Waals surface area (Å²) in [5.74, 6) is 1.04. The smallest absolute Gasteiger partial charge is 0.253 e. The Kier molecular flexibility index (Phi) is 7.09. The van der Waals surface area contributed by atoms with Gasteiger partial charge in [0.15, 0.2) is 0 Å². The molecule has 0 atom stereocenters. The number of methoxy groups -OCH3 is 1. The van der Waals surface area contributed by atoms with E-state index in [1.165, 1.54) is 5.69 Å². The number of halogens is 1. The van der Waals surface area contributed by atoms with E-state index in [1.54, 1.807) is 19.2 Å². The van der Waals surface area contributed by atoms with E-state index in [0.717, 1.165) is 61.3 Å². The molecule has 0 radical (unpaired) electrons. The fraction of sp³-hybridized carbons (Fsp3) is 0.481. The number of nitrogens with zero attached hydrogens (tertiary/aromatic N) is 5. The molecular formula is C27H34ClN7O2. The predicted octanol–water partition coefficient (Wildman–Crippen LogP) is 4.33. The molecular weight excluding hydrogens is 490 g/mol. The van der Waals surface area contributed by atoms with Gasteiger partial charge in [-0.3, -0.25) is 9.48 Å². The maximum absolute atomic E-state index is 13.0. The summed E-state index contributed by atoms with van der Waals surface area (Å²) in [4.78, 5) is 24.7. The van der Waals surface area contributed by atoms with Gasteiger partial charge in [-0.05, 0) is 69.4 Å². The van der Waals surface area contributed by atoms with Gasteiger partial charge in [0.25, 0.3) is 5.91 Å². The molecule has 3 aromatic rings. The van der Waals surface area contributed by atoms with Crippen LogP contribution in [0.3, 0.4) is 0 Å². The molecule has 37 heavy (non-hydrogen) atoms. The number of nitrogens with one attached hydrogen (secondary N) is 2. The van der Waals surface area contributed by atoms with Crippen LogP contribution in [-0.2, 0) is 19.9 Å². The van der Waals surface area contributed by atoms with Crippen molar-refractivity contribution in [3.05, 3.63) is 45.9 Å². The van der Waals surface area contributed by atoms with Crippen LogP contribution in [0, 0.1) is 0 Å². The number of carbonyl (C=O) groups excluding carboxylic acids is 1. The summed E-state index contributed by atoms with van der Waals surface area (Å²) in [6.45, 7) is 6.27. The molecule has 2 N–H and O–H groups in total. The third-order valence-electron chi connectivity index (χ3n) is 7.28. The summed E-state index contributed by atoms with van der Waals surface area (Å²) in [6.07, 6.45) is 5.45. The normalized spacial score (nSPS) is 15.9. The average molecular weight is 524 g/mol. The minimum atomic E-state index is -0.195. The molecule has 0 unspecified atom stereocenters. The van der Waals surface area contributed by atoms with E-state index < -0.39 is 0 Å². The van der Waals surface area contributed by atoms with Crippen LogP contribution >= 0.6 is 11.6 Å². The molecule has 5 rings (SSSR count). The molecule has 3 heterocycles. The standard InChI is InChI=1S/C27H34ClN7O2/c1-15(2)25-23-20(33-35(25)4)7-6-16-14-29-27(32-24(16)23)31-21-13-19(28)18(12-22(21)37-5)26(36)30-17-8-10-34(3)11-9-17/h12-15,17H,6-11H2,1-5H3,(H,30,36)(H,29,31,32). The van der Waals surface area contributed by atoms with Crippen molar-refractivity contribution in [1.82, 2.24) is 30.0 Å². The second kappa shape index (κ2) is 10.3. The first-order chi connectivity index (χ1) is 17.7. The maximum atomic E-state index is 13.0. The molecule has 10 heteroatoms. The van der Waals surface area contributed by atoms with E-state index >= 15 is 0 Å². The van der Waals surface area contributed by atoms with Crippen LogP contribution in [0.15, 0.2) is 18.3 Å². The lowest BCUT2D eigenvalue weighted by atomic mass is 9.90. The average Bonchev–Trinajstić information content (AvgIpc) is 3.22. The first kappa shape index (κ1) is 25.5. The number of piperidine rings is 1. The minimum Gasteiger partial charge on any atom is -0.495 e. The van der Waals surface area contributed by atoms with Crippen molar-refractivity contribution >= 4 is 29.1 Å². The highest BCUT2D eigenvalue weighted by molar-refractivity contribution is 6.34. The Bertz CT molecular complexity index is 1330. The van der Waals surface area contributed by atoms with Gasteiger partial charge in [-0.15, -0.1) is 0 Å². The number of hydrogen-bond acceptors (Lipinski definition) is 7. The van der Waals surface area contributed by atoms with Crippen LogP contribution in [0.25, 0.3) is 11.3 Å². The number of rotatable bonds is 6. The Labute approximate surface area is 222 Å². The largest absolute Gasteiger partial charge is 0.495 e. The number of benzene rings is 1. The molecule has 0 saturated carbocycles. The third-order valence-corrected chi connectivity index (χ3v) is 7.59. The molecule has 1 aliphatic carbocycles. The van der Waals surface area contributed by atoms with E-state index in [0.29, 0.717) is 33.9 Å². The molecule has 1 aromatic carbocycles. The quantitative estimate of drug-likeness (QED) is 0.496. The summed E-state index contributed by atoms with van der Waals surface area (Å²) < 4.78 is 7.58. The van der Waals surface area contributed by atoms with Crippen LogP contribution in [0.4, 0.5) is 11.6 Å². The van der Waals surface area contributed by atoms with Crippen LogP contribution in [0.1, 0.15) is 59.9 Å². The predicted molar refractivity (Wildman–Crippen MR) is 145 cm³/mol. The Morgan fingerprint density at radius 2 is 1.95 bits per heavy atom. The Balaban J connectivity index is 1.41. The van der Waals surface area contributed by atoms with Crippen molar-refractivity contribution in [2.24, 2.45) is 7.05 Å². The van der Waals surface area contributed by atoms with Gasteiger partial charge in [-0.2, -0.15) is 5.10 Å². The van der Waals surface area contributed by atoms with Crippen LogP contribution in [-0.4, -0.2) is 63.8 Å². The molecule has 9 nitrogen and oxygen atoms in total. The van der Waals surface area contributed by atoms with Gasteiger partial charge in [0.2, 0.25) is 5.95 Å². The number of amides is 1. The summed E-state index contributed by atoms with van der Waals surface area (Å²) in [6, 6.07) is 3.51. The van der Waals surface area contributed by atoms with E-state index in [9.17, 15) is 4.79 Å². The monoisotopic (exact) mass is 523 g/mol. The number of aryl methyl sites for hydroxylation is 3. The van der Waals surface area contributed by atoms with E-state index in [2.05, 4.69) is 41.4 Å². The SMILES string of the molecule is COc1cc(C(=O)NC2CCN(C)CC2)c(Cl)cc1Nc1ncc2c(n1)-c1c(nn(C)c1C(C)C)CC2. The van der Waals surface area contributed by atoms with Crippen LogP contribution in [0.5, 0.6) is 5.75 Å². The number of carbonyl (C=O) groups is 1. The third kappa shape index (κ3) is 5.02. The molecule has 0 spiro atoms. The second-order valence-electron chi connectivity index (χ2n) is 10.3. The number of ether oxygens (including phenoxy) is 1. The van der Waals surface area contributed by atoms with Crippen LogP contribution < -0.4 is 15.4 Å². The Morgan fingerprint density at radius 1 is 1.19 bits per heavy atom. The lowest BCUT2D eigenvalue weighted by Gasteiger charge is -2.29. The first-order valence-electron chi connectivity index (χ1n) is 12.8. The number of anilines is 2. The van der Waals surface area contributed by atoms with Gasteiger partial charge in [-0.1, -0.05) is 25.4 Å². The first-order valence-corrected chi connectivity index (χ1v) is 13.2. The number of aromatic nitrogens is 4. The summed E-state index contributed by atoms with van der Waals surface area (Å²) in [5.41, 5.74) is 6.35. The van der Waals surface area contributed by atoms with Crippen LogP contribution in [0.2, 0.25) is 5.02 Å². The topological polar surface area (TPSA) is 97.2 Å². The van der Waals surface area contributed by atoms with Gasteiger partial charge < -0.3 is 20.3 Å². The highest BCUT2D eigenvalue weighted by atomic mass is 35.5. The summed E-state index contributed by atoms with van der Waals surface area (Å²) >= 11 is 6.58. The number of fused-ring (bicyclic) bond motifs is 3. The molecule has 1 fully saturated rings. The molecule has 2 aliphatic rings. The summed E-state index contributed by atoms with van der Waals surface area (Å²) in [7, 11) is 5.65. The molecule has 0 bridgehead atoms. The maximum Gasteiger partial charge on any atom is 0.253 e. The van der Waals surface area contributed by atoms with E-state index in [-0.39, 0.29) is 11.9 Å². The molecule has 1 aliphatic heterocycles. The summed E-state index contributed by atoms with van der Waals surface area (Å²) in [5, 5.41) is 11.5. The van der Waals surface area contributed by atoms with E-state index in [1.807, 2.05) is 17.9 Å². The highest BCUT2D eigenvalue weighted by Crippen LogP contribution is 2.38. The van der Waals surface area contributed by atoms with Crippen molar-refractivity contribution in [2.45, 2.75) is 51.5 Å². The molecule has 196 valence electrons. The van der Waals surface area contributed by atoms with Gasteiger partial charge in [0, 0.05) is 24.8 Å².